The van der Waals surface area contributed by atoms with E-state index in [1.54, 1.807) is 17.0 Å². The molecule has 1 aliphatic heterocycles. The molecule has 1 heterocycles. The lowest BCUT2D eigenvalue weighted by Gasteiger charge is -2.27. The van der Waals surface area contributed by atoms with E-state index >= 15 is 0 Å². The minimum absolute atomic E-state index is 0.252. The maximum absolute atomic E-state index is 13.3. The van der Waals surface area contributed by atoms with Gasteiger partial charge in [0.05, 0.1) is 6.04 Å². The van der Waals surface area contributed by atoms with Gasteiger partial charge in [0, 0.05) is 16.6 Å². The fourth-order valence-corrected chi connectivity index (χ4v) is 3.96. The smallest absolute Gasteiger partial charge is 0.290 e. The molecular formula is C23H17BrFNO2. The van der Waals surface area contributed by atoms with E-state index in [0.717, 1.165) is 21.2 Å². The molecule has 1 N–H and O–H groups in total. The zero-order valence-corrected chi connectivity index (χ0v) is 16.4. The van der Waals surface area contributed by atoms with Crippen molar-refractivity contribution in [3.8, 4) is 0 Å². The summed E-state index contributed by atoms with van der Waals surface area (Å²) < 4.78 is 14.2. The molecule has 140 valence electrons. The molecule has 3 nitrogen and oxygen atoms in total. The molecule has 0 aromatic heterocycles. The van der Waals surface area contributed by atoms with Crippen LogP contribution in [-0.4, -0.2) is 15.9 Å². The standard InChI is InChI=1S/C23H17BrFNO2/c24-18-8-4-7-17(13-18)21-20(16-5-2-1-3-6-16)22(27)23(28)26(21)14-15-9-11-19(25)12-10-15/h1-13,21,27H,14H2/t21-/m1/s1. The van der Waals surface area contributed by atoms with Crippen LogP contribution in [0.15, 0.2) is 89.1 Å². The second-order valence-electron chi connectivity index (χ2n) is 6.65. The normalized spacial score (nSPS) is 16.7. The van der Waals surface area contributed by atoms with Crippen molar-refractivity contribution in [3.63, 3.8) is 0 Å². The Balaban J connectivity index is 1.81. The van der Waals surface area contributed by atoms with Crippen molar-refractivity contribution in [1.82, 2.24) is 4.90 Å². The maximum atomic E-state index is 13.3. The Morgan fingerprint density at radius 3 is 2.36 bits per heavy atom. The molecule has 0 spiro atoms. The van der Waals surface area contributed by atoms with Crippen LogP contribution in [0.4, 0.5) is 4.39 Å². The SMILES string of the molecule is O=C1C(O)=C(c2ccccc2)[C@@H](c2cccc(Br)c2)N1Cc1ccc(F)cc1. The highest BCUT2D eigenvalue weighted by atomic mass is 79.9. The van der Waals surface area contributed by atoms with Gasteiger partial charge in [-0.2, -0.15) is 0 Å². The molecule has 0 fully saturated rings. The molecule has 4 rings (SSSR count). The number of hydrogen-bond acceptors (Lipinski definition) is 2. The fourth-order valence-electron chi connectivity index (χ4n) is 3.54. The van der Waals surface area contributed by atoms with Crippen molar-refractivity contribution in [2.45, 2.75) is 12.6 Å². The van der Waals surface area contributed by atoms with E-state index in [9.17, 15) is 14.3 Å². The second-order valence-corrected chi connectivity index (χ2v) is 7.56. The average molecular weight is 438 g/mol. The van der Waals surface area contributed by atoms with Gasteiger partial charge in [0.25, 0.3) is 5.91 Å². The van der Waals surface area contributed by atoms with Gasteiger partial charge < -0.3 is 10.0 Å². The van der Waals surface area contributed by atoms with Gasteiger partial charge in [0.15, 0.2) is 5.76 Å². The maximum Gasteiger partial charge on any atom is 0.290 e. The van der Waals surface area contributed by atoms with Crippen LogP contribution in [0.3, 0.4) is 0 Å². The highest BCUT2D eigenvalue weighted by Crippen LogP contribution is 2.44. The van der Waals surface area contributed by atoms with E-state index in [-0.39, 0.29) is 18.1 Å². The molecule has 1 aliphatic rings. The van der Waals surface area contributed by atoms with Crippen LogP contribution < -0.4 is 0 Å². The minimum Gasteiger partial charge on any atom is -0.503 e. The summed E-state index contributed by atoms with van der Waals surface area (Å²) in [5.41, 5.74) is 3.04. The number of halogens is 2. The van der Waals surface area contributed by atoms with Crippen LogP contribution in [0, 0.1) is 5.82 Å². The molecule has 0 saturated carbocycles. The second kappa shape index (κ2) is 7.60. The molecule has 5 heteroatoms. The first-order valence-corrected chi connectivity index (χ1v) is 9.63. The summed E-state index contributed by atoms with van der Waals surface area (Å²) in [6.07, 6.45) is 0. The minimum atomic E-state index is -0.447. The Bertz CT molecular complexity index is 1050. The number of aliphatic hydroxyl groups excluding tert-OH is 1. The Morgan fingerprint density at radius 1 is 0.964 bits per heavy atom. The Kier molecular flexibility index (Phi) is 5.01. The number of hydrogen-bond donors (Lipinski definition) is 1. The third-order valence-electron chi connectivity index (χ3n) is 4.82. The van der Waals surface area contributed by atoms with E-state index in [0.29, 0.717) is 5.57 Å². The van der Waals surface area contributed by atoms with E-state index in [4.69, 9.17) is 0 Å². The third-order valence-corrected chi connectivity index (χ3v) is 5.31. The summed E-state index contributed by atoms with van der Waals surface area (Å²) in [6.45, 7) is 0.261. The Labute approximate surface area is 170 Å². The highest BCUT2D eigenvalue weighted by molar-refractivity contribution is 9.10. The number of nitrogens with zero attached hydrogens (tertiary/aromatic N) is 1. The molecule has 3 aromatic rings. The van der Waals surface area contributed by atoms with Gasteiger partial charge in [-0.25, -0.2) is 4.39 Å². The molecule has 0 bridgehead atoms. The molecular weight excluding hydrogens is 421 g/mol. The van der Waals surface area contributed by atoms with Crippen LogP contribution in [0.25, 0.3) is 5.57 Å². The third kappa shape index (κ3) is 3.45. The molecule has 1 atom stereocenters. The lowest BCUT2D eigenvalue weighted by molar-refractivity contribution is -0.130. The number of benzene rings is 3. The summed E-state index contributed by atoms with van der Waals surface area (Å²) in [5, 5.41) is 10.7. The van der Waals surface area contributed by atoms with Crippen molar-refractivity contribution in [2.24, 2.45) is 0 Å². The highest BCUT2D eigenvalue weighted by Gasteiger charge is 2.40. The van der Waals surface area contributed by atoms with E-state index in [1.807, 2.05) is 54.6 Å². The summed E-state index contributed by atoms with van der Waals surface area (Å²) in [7, 11) is 0. The molecule has 0 saturated heterocycles. The number of carbonyl (C=O) groups is 1. The van der Waals surface area contributed by atoms with Crippen LogP contribution in [0.5, 0.6) is 0 Å². The first kappa shape index (κ1) is 18.4. The van der Waals surface area contributed by atoms with Crippen LogP contribution >= 0.6 is 15.9 Å². The quantitative estimate of drug-likeness (QED) is 0.573. The summed E-state index contributed by atoms with van der Waals surface area (Å²) in [5.74, 6) is -1.02. The average Bonchev–Trinajstić information content (AvgIpc) is 2.95. The predicted molar refractivity (Wildman–Crippen MR) is 110 cm³/mol. The number of rotatable bonds is 4. The van der Waals surface area contributed by atoms with Gasteiger partial charge in [0.1, 0.15) is 5.82 Å². The zero-order chi connectivity index (χ0) is 19.7. The van der Waals surface area contributed by atoms with Gasteiger partial charge >= 0.3 is 0 Å². The molecule has 0 radical (unpaired) electrons. The number of amides is 1. The Morgan fingerprint density at radius 2 is 1.68 bits per heavy atom. The predicted octanol–water partition coefficient (Wildman–Crippen LogP) is 5.64. The lowest BCUT2D eigenvalue weighted by atomic mass is 9.93. The number of aliphatic hydroxyl groups is 1. The van der Waals surface area contributed by atoms with Gasteiger partial charge in [-0.3, -0.25) is 4.79 Å². The van der Waals surface area contributed by atoms with Crippen molar-refractivity contribution in [1.29, 1.82) is 0 Å². The largest absolute Gasteiger partial charge is 0.503 e. The van der Waals surface area contributed by atoms with Crippen molar-refractivity contribution < 1.29 is 14.3 Å². The summed E-state index contributed by atoms with van der Waals surface area (Å²) in [6, 6.07) is 22.7. The van der Waals surface area contributed by atoms with Gasteiger partial charge in [-0.05, 0) is 41.0 Å². The molecule has 3 aromatic carbocycles. The summed E-state index contributed by atoms with van der Waals surface area (Å²) >= 11 is 3.49. The van der Waals surface area contributed by atoms with E-state index in [1.165, 1.54) is 12.1 Å². The lowest BCUT2D eigenvalue weighted by Crippen LogP contribution is -2.29. The van der Waals surface area contributed by atoms with Gasteiger partial charge in [-0.1, -0.05) is 70.5 Å². The van der Waals surface area contributed by atoms with Crippen LogP contribution in [0.2, 0.25) is 0 Å². The van der Waals surface area contributed by atoms with E-state index in [2.05, 4.69) is 15.9 Å². The van der Waals surface area contributed by atoms with Gasteiger partial charge in [-0.15, -0.1) is 0 Å². The van der Waals surface area contributed by atoms with Gasteiger partial charge in [0.2, 0.25) is 0 Å². The number of carbonyl (C=O) groups excluding carboxylic acids is 1. The monoisotopic (exact) mass is 437 g/mol. The molecule has 1 amide bonds. The van der Waals surface area contributed by atoms with Crippen molar-refractivity contribution in [3.05, 3.63) is 112 Å². The topological polar surface area (TPSA) is 40.5 Å². The van der Waals surface area contributed by atoms with Crippen molar-refractivity contribution >= 4 is 27.4 Å². The first-order valence-electron chi connectivity index (χ1n) is 8.84. The van der Waals surface area contributed by atoms with E-state index < -0.39 is 11.9 Å². The van der Waals surface area contributed by atoms with Crippen molar-refractivity contribution in [2.75, 3.05) is 0 Å². The van der Waals surface area contributed by atoms with Crippen LogP contribution in [-0.2, 0) is 11.3 Å². The molecule has 28 heavy (non-hydrogen) atoms. The Hall–Kier alpha value is -2.92. The molecule has 0 aliphatic carbocycles. The molecule has 0 unspecified atom stereocenters. The first-order chi connectivity index (χ1) is 13.5. The zero-order valence-electron chi connectivity index (χ0n) is 14.8. The fraction of sp³-hybridized carbons (Fsp3) is 0.0870. The van der Waals surface area contributed by atoms with Crippen LogP contribution in [0.1, 0.15) is 22.7 Å². The summed E-state index contributed by atoms with van der Waals surface area (Å²) in [4.78, 5) is 14.6.